The van der Waals surface area contributed by atoms with Crippen LogP contribution in [0.4, 0.5) is 0 Å². The van der Waals surface area contributed by atoms with Gasteiger partial charge in [-0.1, -0.05) is 30.3 Å². The van der Waals surface area contributed by atoms with Crippen molar-refractivity contribution in [3.8, 4) is 12.3 Å². The number of aliphatic hydroxyl groups excluding tert-OH is 1. The molecule has 0 saturated heterocycles. The summed E-state index contributed by atoms with van der Waals surface area (Å²) in [5.41, 5.74) is 1.14. The Hall–Kier alpha value is -2.03. The van der Waals surface area contributed by atoms with Crippen LogP contribution >= 0.6 is 0 Å². The topological polar surface area (TPSA) is 64.8 Å². The van der Waals surface area contributed by atoms with Crippen LogP contribution in [-0.4, -0.2) is 34.0 Å². The third-order valence-electron chi connectivity index (χ3n) is 3.56. The Morgan fingerprint density at radius 2 is 2.10 bits per heavy atom. The molecular formula is C16H19NO4. The van der Waals surface area contributed by atoms with Crippen molar-refractivity contribution < 1.29 is 19.6 Å². The molecule has 1 aliphatic heterocycles. The summed E-state index contributed by atoms with van der Waals surface area (Å²) in [5.74, 6) is 2.10. The predicted octanol–water partition coefficient (Wildman–Crippen LogP) is 1.49. The zero-order valence-electron chi connectivity index (χ0n) is 12.1. The van der Waals surface area contributed by atoms with Crippen molar-refractivity contribution in [2.75, 3.05) is 0 Å². The summed E-state index contributed by atoms with van der Waals surface area (Å²) in [5, 5.41) is 22.0. The highest BCUT2D eigenvalue weighted by Crippen LogP contribution is 2.21. The molecule has 112 valence electrons. The summed E-state index contributed by atoms with van der Waals surface area (Å²) in [6.45, 7) is 3.78. The van der Waals surface area contributed by atoms with E-state index in [1.807, 2.05) is 30.3 Å². The average molecular weight is 289 g/mol. The summed E-state index contributed by atoms with van der Waals surface area (Å²) in [7, 11) is 0. The van der Waals surface area contributed by atoms with Gasteiger partial charge in [-0.25, -0.2) is 0 Å². The molecule has 1 aromatic carbocycles. The third kappa shape index (κ3) is 3.35. The second kappa shape index (κ2) is 6.61. The summed E-state index contributed by atoms with van der Waals surface area (Å²) in [4.78, 5) is 5.41. The Bertz CT molecular complexity index is 549. The van der Waals surface area contributed by atoms with Gasteiger partial charge in [0.1, 0.15) is 12.2 Å². The average Bonchev–Trinajstić information content (AvgIpc) is 2.80. The molecule has 2 rings (SSSR count). The van der Waals surface area contributed by atoms with Crippen LogP contribution in [0.25, 0.3) is 0 Å². The molecule has 0 unspecified atom stereocenters. The van der Waals surface area contributed by atoms with Crippen LogP contribution in [0, 0.1) is 23.5 Å². The van der Waals surface area contributed by atoms with Gasteiger partial charge in [0, 0.05) is 10.8 Å². The molecule has 0 fully saturated rings. The van der Waals surface area contributed by atoms with Crippen LogP contribution in [0.15, 0.2) is 30.3 Å². The zero-order valence-corrected chi connectivity index (χ0v) is 12.1. The fraction of sp³-hybridized carbons (Fsp3) is 0.438. The van der Waals surface area contributed by atoms with Crippen molar-refractivity contribution in [3.05, 3.63) is 41.1 Å². The molecule has 5 heteroatoms. The number of aliphatic hydroxyl groups is 1. The third-order valence-corrected chi connectivity index (χ3v) is 3.56. The zero-order chi connectivity index (χ0) is 15.4. The number of terminal acetylenes is 1. The number of hydrogen-bond acceptors (Lipinski definition) is 4. The van der Waals surface area contributed by atoms with Gasteiger partial charge in [-0.2, -0.15) is 0 Å². The van der Waals surface area contributed by atoms with Crippen molar-refractivity contribution in [2.24, 2.45) is 5.92 Å². The van der Waals surface area contributed by atoms with Crippen molar-refractivity contribution in [1.82, 2.24) is 0 Å². The first-order chi connectivity index (χ1) is 10.0. The number of ether oxygens (including phenoxy) is 1. The number of hydrogen-bond donors (Lipinski definition) is 1. The summed E-state index contributed by atoms with van der Waals surface area (Å²) in [6.07, 6.45) is 2.96. The Labute approximate surface area is 124 Å². The molecule has 0 amide bonds. The fourth-order valence-electron chi connectivity index (χ4n) is 2.23. The van der Waals surface area contributed by atoms with E-state index in [2.05, 4.69) is 5.92 Å². The van der Waals surface area contributed by atoms with Gasteiger partial charge in [0.05, 0.1) is 6.61 Å². The van der Waals surface area contributed by atoms with Gasteiger partial charge >= 0.3 is 0 Å². The van der Waals surface area contributed by atoms with Gasteiger partial charge in [0.2, 0.25) is 0 Å². The van der Waals surface area contributed by atoms with Crippen molar-refractivity contribution >= 4 is 5.71 Å². The predicted molar refractivity (Wildman–Crippen MR) is 78.2 cm³/mol. The highest BCUT2D eigenvalue weighted by Gasteiger charge is 2.44. The molecule has 0 saturated carbocycles. The Morgan fingerprint density at radius 1 is 1.43 bits per heavy atom. The van der Waals surface area contributed by atoms with Crippen molar-refractivity contribution in [2.45, 2.75) is 38.8 Å². The number of rotatable bonds is 5. The van der Waals surface area contributed by atoms with Crippen LogP contribution in [-0.2, 0) is 16.2 Å². The largest absolute Gasteiger partial charge is 0.395 e. The van der Waals surface area contributed by atoms with E-state index in [1.54, 1.807) is 13.8 Å². The lowest BCUT2D eigenvalue weighted by Gasteiger charge is -2.18. The summed E-state index contributed by atoms with van der Waals surface area (Å²) >= 11 is 0. The highest BCUT2D eigenvalue weighted by atomic mass is 16.9. The van der Waals surface area contributed by atoms with E-state index in [9.17, 15) is 10.3 Å². The smallest absolute Gasteiger partial charge is 0.279 e. The Morgan fingerprint density at radius 3 is 2.71 bits per heavy atom. The number of benzene rings is 1. The Kier molecular flexibility index (Phi) is 4.84. The standard InChI is InChI=1S/C16H19NO4/c1-4-11(2)16-15(18)14(17(19)21-16)12(3)20-10-13-8-6-5-7-9-13/h1,5-9,11-12,15-16,18H,10H2,2-3H3/t11-,12-,15-,16-/m1/s1. The molecule has 1 aromatic rings. The second-order valence-corrected chi connectivity index (χ2v) is 5.09. The van der Waals surface area contributed by atoms with Crippen LogP contribution in [0.5, 0.6) is 0 Å². The lowest BCUT2D eigenvalue weighted by Crippen LogP contribution is -2.39. The minimum Gasteiger partial charge on any atom is -0.395 e. The van der Waals surface area contributed by atoms with Gasteiger partial charge in [-0.05, 0) is 19.4 Å². The van der Waals surface area contributed by atoms with Crippen LogP contribution in [0.2, 0.25) is 0 Å². The van der Waals surface area contributed by atoms with Gasteiger partial charge < -0.3 is 14.7 Å². The lowest BCUT2D eigenvalue weighted by molar-refractivity contribution is -0.743. The first-order valence-corrected chi connectivity index (χ1v) is 6.85. The number of nitrogens with zero attached hydrogens (tertiary/aromatic N) is 1. The molecule has 21 heavy (non-hydrogen) atoms. The first-order valence-electron chi connectivity index (χ1n) is 6.85. The SMILES string of the molecule is C#C[C@@H](C)[C@H]1O[N+]([O-])=C([C@@H](C)OCc2ccccc2)[C@H]1O. The molecule has 1 N–H and O–H groups in total. The maximum atomic E-state index is 11.8. The molecule has 4 atom stereocenters. The van der Waals surface area contributed by atoms with Gasteiger partial charge in [-0.3, -0.25) is 5.21 Å². The fourth-order valence-corrected chi connectivity index (χ4v) is 2.23. The van der Waals surface area contributed by atoms with E-state index in [0.717, 1.165) is 5.56 Å². The quantitative estimate of drug-likeness (QED) is 0.659. The van der Waals surface area contributed by atoms with E-state index >= 15 is 0 Å². The van der Waals surface area contributed by atoms with E-state index in [1.165, 1.54) is 0 Å². The monoisotopic (exact) mass is 289 g/mol. The Balaban J connectivity index is 2.00. The second-order valence-electron chi connectivity index (χ2n) is 5.09. The molecular weight excluding hydrogens is 270 g/mol. The van der Waals surface area contributed by atoms with Crippen LogP contribution in [0.3, 0.4) is 0 Å². The molecule has 5 nitrogen and oxygen atoms in total. The summed E-state index contributed by atoms with van der Waals surface area (Å²) < 4.78 is 5.64. The molecule has 1 heterocycles. The molecule has 0 radical (unpaired) electrons. The van der Waals surface area contributed by atoms with Gasteiger partial charge in [-0.15, -0.1) is 12.3 Å². The maximum absolute atomic E-state index is 11.8. The first kappa shape index (κ1) is 15.4. The van der Waals surface area contributed by atoms with E-state index in [-0.39, 0.29) is 11.6 Å². The minimum absolute atomic E-state index is 0.151. The molecule has 0 bridgehead atoms. The van der Waals surface area contributed by atoms with E-state index < -0.39 is 18.3 Å². The highest BCUT2D eigenvalue weighted by molar-refractivity contribution is 5.89. The van der Waals surface area contributed by atoms with Gasteiger partial charge in [0.25, 0.3) is 5.71 Å². The minimum atomic E-state index is -1.06. The van der Waals surface area contributed by atoms with Gasteiger partial charge in [0.15, 0.2) is 6.10 Å². The maximum Gasteiger partial charge on any atom is 0.279 e. The summed E-state index contributed by atoms with van der Waals surface area (Å²) in [6, 6.07) is 9.60. The van der Waals surface area contributed by atoms with Crippen molar-refractivity contribution in [3.63, 3.8) is 0 Å². The van der Waals surface area contributed by atoms with Crippen LogP contribution < -0.4 is 0 Å². The van der Waals surface area contributed by atoms with E-state index in [4.69, 9.17) is 16.0 Å². The molecule has 0 aliphatic carbocycles. The van der Waals surface area contributed by atoms with Crippen LogP contribution in [0.1, 0.15) is 19.4 Å². The molecule has 0 spiro atoms. The molecule has 0 aromatic heterocycles. The molecule has 1 aliphatic rings. The van der Waals surface area contributed by atoms with Crippen molar-refractivity contribution in [1.29, 1.82) is 0 Å². The van der Waals surface area contributed by atoms with E-state index in [0.29, 0.717) is 11.5 Å². The lowest BCUT2D eigenvalue weighted by atomic mass is 9.96. The normalized spacial score (nSPS) is 24.3.